The van der Waals surface area contributed by atoms with Crippen LogP contribution in [0, 0.1) is 0 Å². The van der Waals surface area contributed by atoms with Crippen LogP contribution in [0.5, 0.6) is 0 Å². The van der Waals surface area contributed by atoms with Gasteiger partial charge in [-0.15, -0.1) is 0 Å². The number of hydrogen-bond donors (Lipinski definition) is 2. The first-order chi connectivity index (χ1) is 8.04. The molecule has 0 radical (unpaired) electrons. The fourth-order valence-electron chi connectivity index (χ4n) is 2.29. The van der Waals surface area contributed by atoms with Crippen LogP contribution in [-0.4, -0.2) is 35.3 Å². The Kier molecular flexibility index (Phi) is 5.41. The lowest BCUT2D eigenvalue weighted by Crippen LogP contribution is -2.45. The lowest BCUT2D eigenvalue weighted by molar-refractivity contribution is -0.137. The molecule has 0 bridgehead atoms. The SMILES string of the molecule is CCC(N)CC(=O)N(CC(N)=O)C1CCCC1. The predicted molar refractivity (Wildman–Crippen MR) is 66.0 cm³/mol. The molecular formula is C12H23N3O2. The van der Waals surface area contributed by atoms with Crippen LogP contribution in [0.1, 0.15) is 45.4 Å². The van der Waals surface area contributed by atoms with Crippen molar-refractivity contribution in [2.45, 2.75) is 57.5 Å². The Morgan fingerprint density at radius 3 is 2.41 bits per heavy atom. The fourth-order valence-corrected chi connectivity index (χ4v) is 2.29. The molecule has 0 aromatic heterocycles. The highest BCUT2D eigenvalue weighted by Crippen LogP contribution is 2.24. The molecule has 0 aliphatic heterocycles. The molecule has 0 saturated heterocycles. The smallest absolute Gasteiger partial charge is 0.237 e. The van der Waals surface area contributed by atoms with Crippen LogP contribution in [0.15, 0.2) is 0 Å². The highest BCUT2D eigenvalue weighted by atomic mass is 16.2. The van der Waals surface area contributed by atoms with Gasteiger partial charge < -0.3 is 16.4 Å². The molecule has 0 spiro atoms. The first-order valence-electron chi connectivity index (χ1n) is 6.38. The zero-order valence-electron chi connectivity index (χ0n) is 10.5. The molecule has 1 saturated carbocycles. The van der Waals surface area contributed by atoms with Gasteiger partial charge in [-0.25, -0.2) is 0 Å². The molecule has 5 nitrogen and oxygen atoms in total. The van der Waals surface area contributed by atoms with Crippen LogP contribution in [0.25, 0.3) is 0 Å². The van der Waals surface area contributed by atoms with E-state index in [1.165, 1.54) is 0 Å². The van der Waals surface area contributed by atoms with E-state index < -0.39 is 5.91 Å². The summed E-state index contributed by atoms with van der Waals surface area (Å²) in [6.45, 7) is 1.98. The molecule has 1 unspecified atom stereocenters. The minimum absolute atomic E-state index is 0.0277. The summed E-state index contributed by atoms with van der Waals surface area (Å²) in [7, 11) is 0. The van der Waals surface area contributed by atoms with E-state index in [-0.39, 0.29) is 24.5 Å². The summed E-state index contributed by atoms with van der Waals surface area (Å²) in [6, 6.07) is 0.0540. The minimum atomic E-state index is -0.449. The molecule has 98 valence electrons. The molecule has 0 heterocycles. The quantitative estimate of drug-likeness (QED) is 0.704. The number of amides is 2. The number of hydrogen-bond acceptors (Lipinski definition) is 3. The fraction of sp³-hybridized carbons (Fsp3) is 0.833. The predicted octanol–water partition coefficient (Wildman–Crippen LogP) is 0.370. The van der Waals surface area contributed by atoms with Gasteiger partial charge in [-0.05, 0) is 19.3 Å². The van der Waals surface area contributed by atoms with Crippen molar-refractivity contribution < 1.29 is 9.59 Å². The normalized spacial score (nSPS) is 18.0. The van der Waals surface area contributed by atoms with E-state index in [0.29, 0.717) is 6.42 Å². The van der Waals surface area contributed by atoms with Gasteiger partial charge in [0.1, 0.15) is 0 Å². The largest absolute Gasteiger partial charge is 0.368 e. The first-order valence-corrected chi connectivity index (χ1v) is 6.38. The molecule has 0 aromatic rings. The summed E-state index contributed by atoms with van der Waals surface area (Å²) in [6.07, 6.45) is 5.25. The molecule has 2 amide bonds. The summed E-state index contributed by atoms with van der Waals surface area (Å²) in [5.74, 6) is -0.486. The van der Waals surface area contributed by atoms with Crippen molar-refractivity contribution in [1.82, 2.24) is 4.90 Å². The van der Waals surface area contributed by atoms with Crippen LogP contribution in [0.2, 0.25) is 0 Å². The van der Waals surface area contributed by atoms with Crippen LogP contribution >= 0.6 is 0 Å². The molecular weight excluding hydrogens is 218 g/mol. The third-order valence-electron chi connectivity index (χ3n) is 3.37. The zero-order valence-corrected chi connectivity index (χ0v) is 10.5. The van der Waals surface area contributed by atoms with Gasteiger partial charge in [0.2, 0.25) is 11.8 Å². The number of primary amides is 1. The van der Waals surface area contributed by atoms with Crippen molar-refractivity contribution in [2.24, 2.45) is 11.5 Å². The Hall–Kier alpha value is -1.10. The average Bonchev–Trinajstić information content (AvgIpc) is 2.78. The Balaban J connectivity index is 2.60. The van der Waals surface area contributed by atoms with Crippen molar-refractivity contribution in [2.75, 3.05) is 6.54 Å². The number of rotatable bonds is 6. The minimum Gasteiger partial charge on any atom is -0.368 e. The van der Waals surface area contributed by atoms with Gasteiger partial charge in [-0.3, -0.25) is 9.59 Å². The Morgan fingerprint density at radius 1 is 1.35 bits per heavy atom. The third kappa shape index (κ3) is 4.34. The Morgan fingerprint density at radius 2 is 1.94 bits per heavy atom. The van der Waals surface area contributed by atoms with Gasteiger partial charge in [0.05, 0.1) is 6.54 Å². The van der Waals surface area contributed by atoms with E-state index in [0.717, 1.165) is 32.1 Å². The number of carbonyl (C=O) groups excluding carboxylic acids is 2. The highest BCUT2D eigenvalue weighted by molar-refractivity contribution is 5.84. The van der Waals surface area contributed by atoms with E-state index in [4.69, 9.17) is 11.5 Å². The van der Waals surface area contributed by atoms with Crippen LogP contribution < -0.4 is 11.5 Å². The van der Waals surface area contributed by atoms with E-state index >= 15 is 0 Å². The monoisotopic (exact) mass is 241 g/mol. The van der Waals surface area contributed by atoms with Crippen molar-refractivity contribution >= 4 is 11.8 Å². The van der Waals surface area contributed by atoms with Gasteiger partial charge in [0.15, 0.2) is 0 Å². The van der Waals surface area contributed by atoms with Gasteiger partial charge in [0.25, 0.3) is 0 Å². The molecule has 1 fully saturated rings. The zero-order chi connectivity index (χ0) is 12.8. The van der Waals surface area contributed by atoms with Crippen LogP contribution in [0.3, 0.4) is 0 Å². The topological polar surface area (TPSA) is 89.4 Å². The Bertz CT molecular complexity index is 275. The second-order valence-corrected chi connectivity index (χ2v) is 4.80. The lowest BCUT2D eigenvalue weighted by atomic mass is 10.1. The average molecular weight is 241 g/mol. The first kappa shape index (κ1) is 14.0. The second-order valence-electron chi connectivity index (χ2n) is 4.80. The molecule has 1 atom stereocenters. The maximum Gasteiger partial charge on any atom is 0.237 e. The van der Waals surface area contributed by atoms with Crippen molar-refractivity contribution in [3.8, 4) is 0 Å². The van der Waals surface area contributed by atoms with Gasteiger partial charge in [0, 0.05) is 18.5 Å². The summed E-state index contributed by atoms with van der Waals surface area (Å²) in [4.78, 5) is 24.7. The van der Waals surface area contributed by atoms with Crippen LogP contribution in [0.4, 0.5) is 0 Å². The number of nitrogens with zero attached hydrogens (tertiary/aromatic N) is 1. The summed E-state index contributed by atoms with van der Waals surface area (Å²) >= 11 is 0. The maximum absolute atomic E-state index is 12.1. The number of carbonyl (C=O) groups is 2. The second kappa shape index (κ2) is 6.59. The van der Waals surface area contributed by atoms with Crippen molar-refractivity contribution in [3.63, 3.8) is 0 Å². The summed E-state index contributed by atoms with van der Waals surface area (Å²) in [5, 5.41) is 0. The maximum atomic E-state index is 12.1. The van der Waals surface area contributed by atoms with E-state index in [1.54, 1.807) is 4.90 Å². The molecule has 1 aliphatic rings. The number of nitrogens with two attached hydrogens (primary N) is 2. The molecule has 17 heavy (non-hydrogen) atoms. The van der Waals surface area contributed by atoms with Gasteiger partial charge in [-0.1, -0.05) is 19.8 Å². The van der Waals surface area contributed by atoms with Gasteiger partial charge in [-0.2, -0.15) is 0 Å². The van der Waals surface area contributed by atoms with E-state index in [2.05, 4.69) is 0 Å². The molecule has 4 N–H and O–H groups in total. The highest BCUT2D eigenvalue weighted by Gasteiger charge is 2.28. The lowest BCUT2D eigenvalue weighted by Gasteiger charge is -2.28. The van der Waals surface area contributed by atoms with Crippen molar-refractivity contribution in [1.29, 1.82) is 0 Å². The van der Waals surface area contributed by atoms with E-state index in [9.17, 15) is 9.59 Å². The third-order valence-corrected chi connectivity index (χ3v) is 3.37. The summed E-state index contributed by atoms with van der Waals surface area (Å²) in [5.41, 5.74) is 11.0. The van der Waals surface area contributed by atoms with E-state index in [1.807, 2.05) is 6.92 Å². The van der Waals surface area contributed by atoms with Gasteiger partial charge >= 0.3 is 0 Å². The molecule has 1 aliphatic carbocycles. The van der Waals surface area contributed by atoms with Crippen molar-refractivity contribution in [3.05, 3.63) is 0 Å². The standard InChI is InChI=1S/C12H23N3O2/c1-2-9(13)7-12(17)15(8-11(14)16)10-5-3-4-6-10/h9-10H,2-8,13H2,1H3,(H2,14,16). The van der Waals surface area contributed by atoms with Crippen LogP contribution in [-0.2, 0) is 9.59 Å². The molecule has 1 rings (SSSR count). The molecule has 0 aromatic carbocycles. The molecule has 5 heteroatoms. The summed E-state index contributed by atoms with van der Waals surface area (Å²) < 4.78 is 0. The Labute approximate surface area is 103 Å².